The van der Waals surface area contributed by atoms with Gasteiger partial charge in [-0.3, -0.25) is 19.3 Å². The van der Waals surface area contributed by atoms with E-state index in [2.05, 4.69) is 10.6 Å². The van der Waals surface area contributed by atoms with Crippen molar-refractivity contribution in [3.05, 3.63) is 101 Å². The molecular weight excluding hydrogens is 444 g/mol. The maximum Gasteiger partial charge on any atom is 0.325 e. The SMILES string of the molecule is C[C@]1(c2ccc(C#N)cc2)NC(=O)N(CCC(=O)Nc2ccccc2C(=O)c2ccccc2)C1=O. The molecule has 2 N–H and O–H groups in total. The van der Waals surface area contributed by atoms with Crippen molar-refractivity contribution in [1.82, 2.24) is 10.2 Å². The van der Waals surface area contributed by atoms with Gasteiger partial charge in [-0.05, 0) is 36.8 Å². The van der Waals surface area contributed by atoms with Crippen LogP contribution in [0.2, 0.25) is 0 Å². The molecule has 35 heavy (non-hydrogen) atoms. The van der Waals surface area contributed by atoms with Gasteiger partial charge in [0, 0.05) is 24.1 Å². The summed E-state index contributed by atoms with van der Waals surface area (Å²) < 4.78 is 0. The predicted molar refractivity (Wildman–Crippen MR) is 128 cm³/mol. The molecule has 1 fully saturated rings. The number of rotatable bonds is 7. The molecule has 4 rings (SSSR count). The first kappa shape index (κ1) is 23.4. The number of hydrogen-bond donors (Lipinski definition) is 2. The van der Waals surface area contributed by atoms with Crippen molar-refractivity contribution < 1.29 is 19.2 Å². The lowest BCUT2D eigenvalue weighted by Gasteiger charge is -2.22. The first-order valence-corrected chi connectivity index (χ1v) is 11.0. The number of imide groups is 1. The van der Waals surface area contributed by atoms with E-state index in [1.54, 1.807) is 79.7 Å². The molecule has 0 unspecified atom stereocenters. The zero-order valence-electron chi connectivity index (χ0n) is 18.9. The van der Waals surface area contributed by atoms with Crippen LogP contribution >= 0.6 is 0 Å². The Bertz CT molecular complexity index is 1350. The van der Waals surface area contributed by atoms with Gasteiger partial charge in [-0.1, -0.05) is 54.6 Å². The molecule has 0 saturated carbocycles. The number of nitrogens with zero attached hydrogens (tertiary/aromatic N) is 2. The summed E-state index contributed by atoms with van der Waals surface area (Å²) >= 11 is 0. The average molecular weight is 466 g/mol. The zero-order valence-corrected chi connectivity index (χ0v) is 18.9. The van der Waals surface area contributed by atoms with Crippen LogP contribution in [-0.2, 0) is 15.1 Å². The smallest absolute Gasteiger partial charge is 0.325 e. The Morgan fingerprint density at radius 3 is 2.31 bits per heavy atom. The second-order valence-electron chi connectivity index (χ2n) is 8.24. The molecule has 0 radical (unpaired) electrons. The highest BCUT2D eigenvalue weighted by atomic mass is 16.2. The van der Waals surface area contributed by atoms with Crippen molar-refractivity contribution in [3.8, 4) is 6.07 Å². The fourth-order valence-electron chi connectivity index (χ4n) is 3.93. The molecule has 3 aromatic carbocycles. The number of ketones is 1. The summed E-state index contributed by atoms with van der Waals surface area (Å²) in [5, 5.41) is 14.4. The number of amides is 4. The van der Waals surface area contributed by atoms with Gasteiger partial charge < -0.3 is 10.6 Å². The number of carbonyl (C=O) groups is 4. The Morgan fingerprint density at radius 2 is 1.63 bits per heavy atom. The molecule has 1 atom stereocenters. The predicted octanol–water partition coefficient (Wildman–Crippen LogP) is 3.59. The van der Waals surface area contributed by atoms with Gasteiger partial charge in [-0.15, -0.1) is 0 Å². The van der Waals surface area contributed by atoms with E-state index in [1.807, 2.05) is 12.1 Å². The zero-order chi connectivity index (χ0) is 25.0. The standard InChI is InChI=1S/C27H22N4O4/c1-27(20-13-11-18(17-28)12-14-20)25(34)31(26(35)30-27)16-15-23(32)29-22-10-6-5-9-21(22)24(33)19-7-3-2-4-8-19/h2-14H,15-16H2,1H3,(H,29,32)(H,30,35)/t27-/m1/s1. The summed E-state index contributed by atoms with van der Waals surface area (Å²) in [6.45, 7) is 1.46. The van der Waals surface area contributed by atoms with Gasteiger partial charge >= 0.3 is 6.03 Å². The Labute approximate surface area is 202 Å². The fraction of sp³-hybridized carbons (Fsp3) is 0.148. The Balaban J connectivity index is 1.43. The molecule has 0 aliphatic carbocycles. The fourth-order valence-corrected chi connectivity index (χ4v) is 3.93. The third-order valence-corrected chi connectivity index (χ3v) is 5.91. The number of anilines is 1. The lowest BCUT2D eigenvalue weighted by Crippen LogP contribution is -2.41. The molecule has 0 spiro atoms. The Hall–Kier alpha value is -4.77. The normalized spacial score (nSPS) is 17.0. The van der Waals surface area contributed by atoms with Crippen molar-refractivity contribution in [1.29, 1.82) is 5.26 Å². The lowest BCUT2D eigenvalue weighted by atomic mass is 9.91. The second-order valence-corrected chi connectivity index (χ2v) is 8.24. The van der Waals surface area contributed by atoms with Crippen molar-refractivity contribution >= 4 is 29.3 Å². The number of nitrogens with one attached hydrogen (secondary N) is 2. The van der Waals surface area contributed by atoms with Gasteiger partial charge in [0.2, 0.25) is 5.91 Å². The van der Waals surface area contributed by atoms with Gasteiger partial charge in [0.15, 0.2) is 5.78 Å². The second kappa shape index (κ2) is 9.61. The van der Waals surface area contributed by atoms with E-state index >= 15 is 0 Å². The highest BCUT2D eigenvalue weighted by Gasteiger charge is 2.48. The highest BCUT2D eigenvalue weighted by Crippen LogP contribution is 2.29. The minimum atomic E-state index is -1.30. The molecule has 174 valence electrons. The first-order valence-electron chi connectivity index (χ1n) is 11.0. The van der Waals surface area contributed by atoms with E-state index in [1.165, 1.54) is 0 Å². The van der Waals surface area contributed by atoms with E-state index in [-0.39, 0.29) is 18.7 Å². The Kier molecular flexibility index (Phi) is 6.42. The number of hydrogen-bond acceptors (Lipinski definition) is 5. The number of benzene rings is 3. The molecule has 8 heteroatoms. The van der Waals surface area contributed by atoms with Gasteiger partial charge in [-0.2, -0.15) is 5.26 Å². The van der Waals surface area contributed by atoms with Crippen LogP contribution in [0.15, 0.2) is 78.9 Å². The van der Waals surface area contributed by atoms with Crippen LogP contribution in [0.4, 0.5) is 10.5 Å². The molecule has 3 aromatic rings. The number of para-hydroxylation sites is 1. The first-order chi connectivity index (χ1) is 16.8. The molecule has 1 aliphatic heterocycles. The molecule has 4 amide bonds. The van der Waals surface area contributed by atoms with E-state index in [0.717, 1.165) is 4.90 Å². The summed E-state index contributed by atoms with van der Waals surface area (Å²) in [4.78, 5) is 52.1. The summed E-state index contributed by atoms with van der Waals surface area (Å²) in [6.07, 6.45) is -0.142. The summed E-state index contributed by atoms with van der Waals surface area (Å²) in [7, 11) is 0. The summed E-state index contributed by atoms with van der Waals surface area (Å²) in [6, 6.07) is 23.2. The van der Waals surface area contributed by atoms with Crippen molar-refractivity contribution in [2.24, 2.45) is 0 Å². The molecule has 0 bridgehead atoms. The van der Waals surface area contributed by atoms with Crippen LogP contribution in [0.1, 0.15) is 40.4 Å². The maximum atomic E-state index is 13.1. The van der Waals surface area contributed by atoms with Gasteiger partial charge in [0.25, 0.3) is 5.91 Å². The van der Waals surface area contributed by atoms with E-state index in [9.17, 15) is 19.2 Å². The maximum absolute atomic E-state index is 13.1. The van der Waals surface area contributed by atoms with Crippen LogP contribution in [0.25, 0.3) is 0 Å². The van der Waals surface area contributed by atoms with Crippen LogP contribution < -0.4 is 10.6 Å². The van der Waals surface area contributed by atoms with Crippen LogP contribution in [0.3, 0.4) is 0 Å². The Morgan fingerprint density at radius 1 is 0.971 bits per heavy atom. The van der Waals surface area contributed by atoms with Crippen molar-refractivity contribution in [2.75, 3.05) is 11.9 Å². The largest absolute Gasteiger partial charge is 0.325 e. The summed E-state index contributed by atoms with van der Waals surface area (Å²) in [5.41, 5.74) is 0.872. The molecule has 1 saturated heterocycles. The lowest BCUT2D eigenvalue weighted by molar-refractivity contribution is -0.131. The van der Waals surface area contributed by atoms with Gasteiger partial charge in [-0.25, -0.2) is 4.79 Å². The summed E-state index contributed by atoms with van der Waals surface area (Å²) in [5.74, 6) is -1.15. The quantitative estimate of drug-likeness (QED) is 0.407. The topological polar surface area (TPSA) is 119 Å². The highest BCUT2D eigenvalue weighted by molar-refractivity contribution is 6.14. The van der Waals surface area contributed by atoms with Crippen molar-refractivity contribution in [2.45, 2.75) is 18.9 Å². The minimum absolute atomic E-state index is 0.128. The van der Waals surface area contributed by atoms with Gasteiger partial charge in [0.05, 0.1) is 17.3 Å². The van der Waals surface area contributed by atoms with Crippen LogP contribution in [-0.4, -0.2) is 35.1 Å². The number of urea groups is 1. The third kappa shape index (κ3) is 4.66. The van der Waals surface area contributed by atoms with Crippen LogP contribution in [0, 0.1) is 11.3 Å². The van der Waals surface area contributed by atoms with E-state index in [4.69, 9.17) is 5.26 Å². The van der Waals surface area contributed by atoms with Crippen molar-refractivity contribution in [3.63, 3.8) is 0 Å². The molecular formula is C27H22N4O4. The minimum Gasteiger partial charge on any atom is -0.325 e. The molecule has 1 heterocycles. The van der Waals surface area contributed by atoms with E-state index in [0.29, 0.717) is 27.9 Å². The monoisotopic (exact) mass is 466 g/mol. The average Bonchev–Trinajstić information content (AvgIpc) is 3.11. The third-order valence-electron chi connectivity index (χ3n) is 5.91. The molecule has 0 aromatic heterocycles. The molecule has 1 aliphatic rings. The number of carbonyl (C=O) groups excluding carboxylic acids is 4. The van der Waals surface area contributed by atoms with E-state index < -0.39 is 23.4 Å². The number of nitriles is 1. The molecule has 8 nitrogen and oxygen atoms in total. The van der Waals surface area contributed by atoms with Crippen LogP contribution in [0.5, 0.6) is 0 Å². The van der Waals surface area contributed by atoms with Gasteiger partial charge in [0.1, 0.15) is 5.54 Å².